The van der Waals surface area contributed by atoms with Gasteiger partial charge in [-0.25, -0.2) is 4.98 Å². The highest BCUT2D eigenvalue weighted by molar-refractivity contribution is 7.15. The van der Waals surface area contributed by atoms with Crippen LogP contribution in [0.25, 0.3) is 11.0 Å². The lowest BCUT2D eigenvalue weighted by Crippen LogP contribution is -2.28. The number of thiazole rings is 1. The summed E-state index contributed by atoms with van der Waals surface area (Å²) in [6.45, 7) is 7.53. The second-order valence-corrected chi connectivity index (χ2v) is 7.64. The number of nitrogens with zero attached hydrogens (tertiary/aromatic N) is 3. The highest BCUT2D eigenvalue weighted by Gasteiger charge is 2.10. The van der Waals surface area contributed by atoms with E-state index in [0.29, 0.717) is 34.6 Å². The molecule has 0 fully saturated rings. The first kappa shape index (κ1) is 22.1. The fourth-order valence-electron chi connectivity index (χ4n) is 2.96. The summed E-state index contributed by atoms with van der Waals surface area (Å²) < 4.78 is 13.1. The van der Waals surface area contributed by atoms with Crippen molar-refractivity contribution >= 4 is 45.6 Å². The minimum atomic E-state index is -0.282. The standard InChI is InChI=1S/C21H25ClN4O3S/c1-4-25(5-2)10-12-29-18-14-15(6-8-17(18)28-3)23-19(27)9-7-16-20(22)24-21-26(16)11-13-30-21/h6-9,11,13-14H,4-5,10,12H2,1-3H3,(H,23,27)/b9-7+. The molecule has 0 saturated heterocycles. The second kappa shape index (κ2) is 10.5. The molecule has 0 aliphatic rings. The zero-order valence-electron chi connectivity index (χ0n) is 17.2. The lowest BCUT2D eigenvalue weighted by Gasteiger charge is -2.19. The van der Waals surface area contributed by atoms with Crippen LogP contribution >= 0.6 is 22.9 Å². The first-order valence-electron chi connectivity index (χ1n) is 9.69. The van der Waals surface area contributed by atoms with E-state index in [1.54, 1.807) is 31.4 Å². The summed E-state index contributed by atoms with van der Waals surface area (Å²) in [7, 11) is 1.59. The first-order chi connectivity index (χ1) is 14.5. The van der Waals surface area contributed by atoms with E-state index in [1.165, 1.54) is 17.4 Å². The predicted molar refractivity (Wildman–Crippen MR) is 122 cm³/mol. The first-order valence-corrected chi connectivity index (χ1v) is 10.9. The fraction of sp³-hybridized carbons (Fsp3) is 0.333. The number of aromatic nitrogens is 2. The Labute approximate surface area is 184 Å². The third kappa shape index (κ3) is 5.33. The van der Waals surface area contributed by atoms with Crippen molar-refractivity contribution in [1.82, 2.24) is 14.3 Å². The molecule has 9 heteroatoms. The number of ether oxygens (including phenoxy) is 2. The summed E-state index contributed by atoms with van der Waals surface area (Å²) in [4.78, 5) is 19.7. The van der Waals surface area contributed by atoms with Gasteiger partial charge in [-0.3, -0.25) is 9.20 Å². The quantitative estimate of drug-likeness (QED) is 0.465. The molecule has 1 N–H and O–H groups in total. The minimum Gasteiger partial charge on any atom is -0.493 e. The third-order valence-corrected chi connectivity index (χ3v) is 5.67. The smallest absolute Gasteiger partial charge is 0.248 e. The number of fused-ring (bicyclic) bond motifs is 1. The molecule has 0 atom stereocenters. The number of carbonyl (C=O) groups excluding carboxylic acids is 1. The van der Waals surface area contributed by atoms with Crippen LogP contribution in [0.5, 0.6) is 11.5 Å². The van der Waals surface area contributed by atoms with Gasteiger partial charge in [0.2, 0.25) is 5.91 Å². The molecule has 3 aromatic rings. The van der Waals surface area contributed by atoms with Crippen LogP contribution in [-0.4, -0.2) is 53.5 Å². The molecule has 0 aliphatic carbocycles. The number of amides is 1. The van der Waals surface area contributed by atoms with Crippen LogP contribution in [0.3, 0.4) is 0 Å². The highest BCUT2D eigenvalue weighted by Crippen LogP contribution is 2.30. The number of imidazole rings is 1. The lowest BCUT2D eigenvalue weighted by molar-refractivity contribution is -0.111. The molecule has 0 saturated carbocycles. The van der Waals surface area contributed by atoms with Crippen molar-refractivity contribution in [3.63, 3.8) is 0 Å². The van der Waals surface area contributed by atoms with Crippen molar-refractivity contribution in [2.24, 2.45) is 0 Å². The molecule has 3 rings (SSSR count). The van der Waals surface area contributed by atoms with Gasteiger partial charge in [0.15, 0.2) is 21.6 Å². The molecular formula is C21H25ClN4O3S. The van der Waals surface area contributed by atoms with E-state index in [0.717, 1.165) is 24.6 Å². The van der Waals surface area contributed by atoms with Gasteiger partial charge >= 0.3 is 0 Å². The molecule has 0 spiro atoms. The Morgan fingerprint density at radius 3 is 2.87 bits per heavy atom. The molecule has 7 nitrogen and oxygen atoms in total. The fourth-order valence-corrected chi connectivity index (χ4v) is 3.96. The van der Waals surface area contributed by atoms with Crippen LogP contribution in [0.1, 0.15) is 19.5 Å². The van der Waals surface area contributed by atoms with Crippen LogP contribution in [0.15, 0.2) is 35.9 Å². The maximum atomic E-state index is 12.4. The Kier molecular flexibility index (Phi) is 7.73. The largest absolute Gasteiger partial charge is 0.493 e. The topological polar surface area (TPSA) is 68.1 Å². The molecule has 0 bridgehead atoms. The summed E-state index contributed by atoms with van der Waals surface area (Å²) in [5, 5.41) is 5.11. The number of benzene rings is 1. The summed E-state index contributed by atoms with van der Waals surface area (Å²) in [5.74, 6) is 0.926. The van der Waals surface area contributed by atoms with Crippen LogP contribution in [0, 0.1) is 0 Å². The van der Waals surface area contributed by atoms with Crippen molar-refractivity contribution < 1.29 is 14.3 Å². The summed E-state index contributed by atoms with van der Waals surface area (Å²) in [6, 6.07) is 5.30. The second-order valence-electron chi connectivity index (χ2n) is 6.41. The van der Waals surface area contributed by atoms with Crippen molar-refractivity contribution in [2.75, 3.05) is 38.7 Å². The number of carbonyl (C=O) groups is 1. The minimum absolute atomic E-state index is 0.282. The summed E-state index contributed by atoms with van der Waals surface area (Å²) in [5.41, 5.74) is 1.28. The molecule has 2 aromatic heterocycles. The van der Waals surface area contributed by atoms with Crippen LogP contribution in [0.4, 0.5) is 5.69 Å². The van der Waals surface area contributed by atoms with Crippen molar-refractivity contribution in [2.45, 2.75) is 13.8 Å². The van der Waals surface area contributed by atoms with Gasteiger partial charge < -0.3 is 19.7 Å². The van der Waals surface area contributed by atoms with Crippen molar-refractivity contribution in [1.29, 1.82) is 0 Å². The number of hydrogen-bond donors (Lipinski definition) is 1. The van der Waals surface area contributed by atoms with Gasteiger partial charge in [0.1, 0.15) is 6.61 Å². The number of hydrogen-bond acceptors (Lipinski definition) is 6. The lowest BCUT2D eigenvalue weighted by atomic mass is 10.2. The van der Waals surface area contributed by atoms with Gasteiger partial charge in [0.05, 0.1) is 12.8 Å². The predicted octanol–water partition coefficient (Wildman–Crippen LogP) is 4.43. The maximum absolute atomic E-state index is 12.4. The van der Waals surface area contributed by atoms with E-state index in [9.17, 15) is 4.79 Å². The van der Waals surface area contributed by atoms with Gasteiger partial charge in [0.25, 0.3) is 0 Å². The van der Waals surface area contributed by atoms with Gasteiger partial charge in [-0.05, 0) is 31.3 Å². The SMILES string of the molecule is CCN(CC)CCOc1cc(NC(=O)/C=C/c2c(Cl)nc3sccn23)ccc1OC. The zero-order chi connectivity index (χ0) is 21.5. The Balaban J connectivity index is 1.66. The Morgan fingerprint density at radius 1 is 1.33 bits per heavy atom. The molecule has 160 valence electrons. The number of anilines is 1. The molecule has 0 radical (unpaired) electrons. The molecular weight excluding hydrogens is 424 g/mol. The van der Waals surface area contributed by atoms with Crippen LogP contribution in [0.2, 0.25) is 5.15 Å². The summed E-state index contributed by atoms with van der Waals surface area (Å²) in [6.07, 6.45) is 4.94. The number of likely N-dealkylation sites (N-methyl/N-ethyl adjacent to an activating group) is 1. The Hall–Kier alpha value is -2.55. The molecule has 0 unspecified atom stereocenters. The maximum Gasteiger partial charge on any atom is 0.248 e. The van der Waals surface area contributed by atoms with E-state index in [2.05, 4.69) is 29.0 Å². The van der Waals surface area contributed by atoms with Crippen LogP contribution < -0.4 is 14.8 Å². The van der Waals surface area contributed by atoms with E-state index in [4.69, 9.17) is 21.1 Å². The van der Waals surface area contributed by atoms with Gasteiger partial charge in [-0.15, -0.1) is 11.3 Å². The molecule has 1 amide bonds. The number of nitrogens with one attached hydrogen (secondary N) is 1. The van der Waals surface area contributed by atoms with E-state index >= 15 is 0 Å². The average molecular weight is 449 g/mol. The van der Waals surface area contributed by atoms with Gasteiger partial charge in [-0.2, -0.15) is 0 Å². The molecule has 2 heterocycles. The van der Waals surface area contributed by atoms with Crippen molar-refractivity contribution in [3.8, 4) is 11.5 Å². The molecule has 30 heavy (non-hydrogen) atoms. The normalized spacial score (nSPS) is 11.5. The Bertz CT molecular complexity index is 1030. The van der Waals surface area contributed by atoms with Gasteiger partial charge in [-0.1, -0.05) is 25.4 Å². The Morgan fingerprint density at radius 2 is 2.13 bits per heavy atom. The van der Waals surface area contributed by atoms with E-state index in [1.807, 2.05) is 16.0 Å². The third-order valence-electron chi connectivity index (χ3n) is 4.64. The molecule has 1 aromatic carbocycles. The monoisotopic (exact) mass is 448 g/mol. The highest BCUT2D eigenvalue weighted by atomic mass is 35.5. The number of methoxy groups -OCH3 is 1. The van der Waals surface area contributed by atoms with Gasteiger partial charge in [0, 0.05) is 36.0 Å². The van der Waals surface area contributed by atoms with Crippen LogP contribution in [-0.2, 0) is 4.79 Å². The number of halogens is 1. The van der Waals surface area contributed by atoms with E-state index in [-0.39, 0.29) is 5.91 Å². The van der Waals surface area contributed by atoms with Crippen molar-refractivity contribution in [3.05, 3.63) is 46.7 Å². The average Bonchev–Trinajstić information content (AvgIpc) is 3.30. The molecule has 0 aliphatic heterocycles. The van der Waals surface area contributed by atoms with E-state index < -0.39 is 0 Å². The zero-order valence-corrected chi connectivity index (χ0v) is 18.8. The summed E-state index contributed by atoms with van der Waals surface area (Å²) >= 11 is 7.64. The number of rotatable bonds is 10.